The molecule has 1 aliphatic heterocycles. The Hall–Kier alpha value is -5.08. The van der Waals surface area contributed by atoms with Crippen LogP contribution in [0, 0.1) is 0 Å². The maximum absolute atomic E-state index is 12.9. The molecular weight excluding hydrogens is 894 g/mol. The molecule has 0 radical (unpaired) electrons. The van der Waals surface area contributed by atoms with E-state index >= 15 is 0 Å². The number of hydrogen-bond donors (Lipinski definition) is 5. The lowest BCUT2D eigenvalue weighted by molar-refractivity contribution is 0.0708. The molecule has 0 fully saturated rings. The van der Waals surface area contributed by atoms with Crippen molar-refractivity contribution < 1.29 is 18.1 Å². The van der Waals surface area contributed by atoms with Crippen LogP contribution in [0.2, 0.25) is 26.1 Å². The number of carbonyl (C=O) groups excluding carboxylic acids is 1. The molecule has 8 rings (SSSR count). The molecule has 8 bridgehead atoms. The molecule has 0 saturated heterocycles. The zero-order chi connectivity index (χ0) is 44.1. The second kappa shape index (κ2) is 19.8. The number of aromatic amines is 3. The van der Waals surface area contributed by atoms with Gasteiger partial charge in [0.15, 0.2) is 0 Å². The number of urea groups is 1. The van der Waals surface area contributed by atoms with Gasteiger partial charge in [0.05, 0.1) is 37.0 Å². The monoisotopic (exact) mass is 938 g/mol. The van der Waals surface area contributed by atoms with Gasteiger partial charge < -0.3 is 38.9 Å². The quantitative estimate of drug-likeness (QED) is 0.0516. The van der Waals surface area contributed by atoms with Crippen LogP contribution in [0.1, 0.15) is 44.1 Å². The molecule has 63 heavy (non-hydrogen) atoms. The number of fused-ring (bicyclic) bond motifs is 9. The number of rotatable bonds is 15. The van der Waals surface area contributed by atoms with Crippen LogP contribution in [0.5, 0.6) is 0 Å². The smallest absolute Gasteiger partial charge is 0.374 e. The van der Waals surface area contributed by atoms with Crippen LogP contribution in [-0.2, 0) is 19.8 Å². The molecule has 0 spiro atoms. The molecular formula is C48H46Cl4N6O4Si. The predicted molar refractivity (Wildman–Crippen MR) is 262 cm³/mol. The Kier molecular flexibility index (Phi) is 14.0. The van der Waals surface area contributed by atoms with Crippen molar-refractivity contribution in [2.75, 3.05) is 26.4 Å². The highest BCUT2D eigenvalue weighted by Gasteiger charge is 2.39. The summed E-state index contributed by atoms with van der Waals surface area (Å²) >= 11 is 27.7. The van der Waals surface area contributed by atoms with E-state index in [2.05, 4.69) is 31.7 Å². The molecule has 4 aromatic heterocycles. The minimum absolute atomic E-state index is 0.262. The van der Waals surface area contributed by atoms with Crippen molar-refractivity contribution >= 4 is 106 Å². The maximum atomic E-state index is 12.9. The van der Waals surface area contributed by atoms with Gasteiger partial charge in [0.1, 0.15) is 0 Å². The van der Waals surface area contributed by atoms with Gasteiger partial charge in [-0.2, -0.15) is 0 Å². The Morgan fingerprint density at radius 3 is 1.56 bits per heavy atom. The lowest BCUT2D eigenvalue weighted by atomic mass is 10.0. The van der Waals surface area contributed by atoms with E-state index in [1.165, 1.54) is 0 Å². The zero-order valence-electron chi connectivity index (χ0n) is 34.9. The van der Waals surface area contributed by atoms with Crippen LogP contribution in [-0.4, -0.2) is 61.1 Å². The van der Waals surface area contributed by atoms with Crippen LogP contribution < -0.4 is 10.6 Å². The minimum atomic E-state index is -2.78. The summed E-state index contributed by atoms with van der Waals surface area (Å²) in [5.41, 5.74) is 11.9. The Morgan fingerprint density at radius 2 is 1.02 bits per heavy atom. The summed E-state index contributed by atoms with van der Waals surface area (Å²) in [7, 11) is -2.78. The van der Waals surface area contributed by atoms with Crippen molar-refractivity contribution in [1.82, 2.24) is 30.6 Å². The summed E-state index contributed by atoms with van der Waals surface area (Å²) < 4.78 is 17.8. The molecule has 0 aliphatic carbocycles. The van der Waals surface area contributed by atoms with E-state index in [0.29, 0.717) is 82.3 Å². The summed E-state index contributed by atoms with van der Waals surface area (Å²) in [6.45, 7) is 8.12. The fourth-order valence-corrected chi connectivity index (χ4v) is 11.8. The normalized spacial score (nSPS) is 12.0. The topological polar surface area (TPSA) is 129 Å². The van der Waals surface area contributed by atoms with Crippen LogP contribution in [0.15, 0.2) is 97.1 Å². The van der Waals surface area contributed by atoms with Gasteiger partial charge in [-0.1, -0.05) is 82.8 Å². The highest BCUT2D eigenvalue weighted by molar-refractivity contribution is 6.60. The van der Waals surface area contributed by atoms with Crippen molar-refractivity contribution in [3.05, 3.63) is 134 Å². The summed E-state index contributed by atoms with van der Waals surface area (Å²) in [6, 6.07) is 31.6. The van der Waals surface area contributed by atoms with E-state index in [0.717, 1.165) is 66.6 Å². The summed E-state index contributed by atoms with van der Waals surface area (Å²) in [4.78, 5) is 29.0. The number of benzene rings is 3. The van der Waals surface area contributed by atoms with Crippen molar-refractivity contribution in [2.45, 2.75) is 39.8 Å². The predicted octanol–water partition coefficient (Wildman–Crippen LogP) is 13.5. The maximum Gasteiger partial charge on any atom is 0.500 e. The molecule has 0 saturated carbocycles. The molecule has 7 aromatic rings. The van der Waals surface area contributed by atoms with Gasteiger partial charge in [0, 0.05) is 94.4 Å². The van der Waals surface area contributed by atoms with E-state index in [9.17, 15) is 4.79 Å². The first kappa shape index (κ1) is 44.5. The number of aromatic nitrogens is 4. The number of nitrogens with zero attached hydrogens (tertiary/aromatic N) is 1. The third-order valence-corrected chi connectivity index (χ3v) is 15.1. The third-order valence-electron chi connectivity index (χ3n) is 10.7. The third kappa shape index (κ3) is 9.57. The standard InChI is InChI=1S/C48H46Cl4N6O4Si/c1-4-60-63(61-5-2,62-6-3)27-9-26-53-48(59)54-28-29-14-16-30(17-15-29)43-37-22-24-41(57-37)46(44-31(49)10-7-11-32(44)50)39-20-18-35(55-39)36-19-21-40(56-36)47(42-25-23-38(43)58-42)45-33(51)12-8-13-34(45)52/h7-8,10-25,55,57-58H,4-6,9,26-28H2,1-3H3,(H2,53,54,59). The lowest BCUT2D eigenvalue weighted by Crippen LogP contribution is -2.46. The Morgan fingerprint density at radius 1 is 0.556 bits per heavy atom. The molecule has 324 valence electrons. The number of carbonyl (C=O) groups is 1. The molecule has 3 aromatic carbocycles. The molecule has 10 nitrogen and oxygen atoms in total. The average Bonchev–Trinajstić information content (AvgIpc) is 4.11. The van der Waals surface area contributed by atoms with E-state index in [4.69, 9.17) is 64.7 Å². The fraction of sp³-hybridized carbons (Fsp3) is 0.208. The van der Waals surface area contributed by atoms with Crippen LogP contribution in [0.25, 0.3) is 78.6 Å². The van der Waals surface area contributed by atoms with E-state index in [-0.39, 0.29) is 6.03 Å². The first-order valence-corrected chi connectivity index (χ1v) is 24.3. The number of halogens is 4. The summed E-state index contributed by atoms with van der Waals surface area (Å²) in [5.74, 6) is 0. The minimum Gasteiger partial charge on any atom is -0.374 e. The van der Waals surface area contributed by atoms with Crippen LogP contribution in [0.3, 0.4) is 0 Å². The van der Waals surface area contributed by atoms with Crippen molar-refractivity contribution in [1.29, 1.82) is 0 Å². The Bertz CT molecular complexity index is 2890. The molecule has 2 amide bonds. The van der Waals surface area contributed by atoms with Gasteiger partial charge in [0.2, 0.25) is 0 Å². The number of nitrogens with one attached hydrogen (secondary N) is 5. The van der Waals surface area contributed by atoms with Crippen LogP contribution in [0.4, 0.5) is 4.79 Å². The highest BCUT2D eigenvalue weighted by Crippen LogP contribution is 2.42. The number of hydrogen-bond acceptors (Lipinski definition) is 5. The van der Waals surface area contributed by atoms with E-state index in [1.807, 2.05) is 124 Å². The zero-order valence-corrected chi connectivity index (χ0v) is 39.0. The molecule has 0 atom stereocenters. The van der Waals surface area contributed by atoms with Gasteiger partial charge in [-0.3, -0.25) is 0 Å². The summed E-state index contributed by atoms with van der Waals surface area (Å²) in [6.07, 6.45) is 4.61. The van der Waals surface area contributed by atoms with Crippen molar-refractivity contribution in [3.63, 3.8) is 0 Å². The van der Waals surface area contributed by atoms with Gasteiger partial charge >= 0.3 is 14.8 Å². The number of H-pyrrole nitrogens is 3. The van der Waals surface area contributed by atoms with Crippen molar-refractivity contribution in [3.8, 4) is 33.4 Å². The Balaban J connectivity index is 1.20. The van der Waals surface area contributed by atoms with Gasteiger partial charge in [-0.15, -0.1) is 0 Å². The molecule has 0 unspecified atom stereocenters. The highest BCUT2D eigenvalue weighted by atomic mass is 35.5. The molecule has 5 N–H and O–H groups in total. The summed E-state index contributed by atoms with van der Waals surface area (Å²) in [5, 5.41) is 7.96. The number of amides is 2. The first-order chi connectivity index (χ1) is 30.6. The van der Waals surface area contributed by atoms with E-state index in [1.54, 1.807) is 0 Å². The second-order valence-corrected chi connectivity index (χ2v) is 19.1. The van der Waals surface area contributed by atoms with Gasteiger partial charge in [-0.05, 0) is 111 Å². The van der Waals surface area contributed by atoms with Gasteiger partial charge in [0.25, 0.3) is 0 Å². The molecule has 1 aliphatic rings. The van der Waals surface area contributed by atoms with Crippen LogP contribution >= 0.6 is 46.4 Å². The second-order valence-electron chi connectivity index (χ2n) is 14.8. The average molecular weight is 941 g/mol. The molecule has 5 heterocycles. The van der Waals surface area contributed by atoms with Crippen molar-refractivity contribution in [2.24, 2.45) is 0 Å². The lowest BCUT2D eigenvalue weighted by Gasteiger charge is -2.28. The SMILES string of the molecule is CCO[Si](CCCNC(=O)NCc1ccc(-c2c3ccc([nH]3)c(-c3c(Cl)cccc3Cl)c3nc(c4ccc([nH]4)c(-c4c(Cl)cccc4Cl)c4ccc2[nH]4)C=C3)cc1)(OCC)OCC. The fourth-order valence-electron chi connectivity index (χ4n) is 8.00. The molecule has 15 heteroatoms. The Labute approximate surface area is 386 Å². The largest absolute Gasteiger partial charge is 0.500 e. The van der Waals surface area contributed by atoms with Gasteiger partial charge in [-0.25, -0.2) is 9.78 Å². The first-order valence-electron chi connectivity index (χ1n) is 20.9. The van der Waals surface area contributed by atoms with E-state index < -0.39 is 8.80 Å².